The first-order valence-electron chi connectivity index (χ1n) is 9.86. The number of hydrogen-bond acceptors (Lipinski definition) is 4. The summed E-state index contributed by atoms with van der Waals surface area (Å²) in [6.07, 6.45) is 2.39. The normalized spacial score (nSPS) is 19.0. The van der Waals surface area contributed by atoms with Crippen molar-refractivity contribution in [2.75, 3.05) is 6.54 Å². The van der Waals surface area contributed by atoms with Crippen LogP contribution >= 0.6 is 0 Å². The first kappa shape index (κ1) is 20.8. The van der Waals surface area contributed by atoms with Crippen LogP contribution in [-0.4, -0.2) is 34.3 Å². The van der Waals surface area contributed by atoms with Crippen LogP contribution in [0.15, 0.2) is 53.1 Å². The SMILES string of the molecule is CC1(C)C[C@H](CCC(NC(=O)OCc2ccccc2)c2ccco2)CN1C(=O)O. The minimum atomic E-state index is -0.886. The van der Waals surface area contributed by atoms with Crippen molar-refractivity contribution in [3.63, 3.8) is 0 Å². The number of likely N-dealkylation sites (tertiary alicyclic amines) is 1. The molecule has 0 bridgehead atoms. The molecular formula is C22H28N2O5. The number of nitrogens with one attached hydrogen (secondary N) is 1. The van der Waals surface area contributed by atoms with Crippen LogP contribution < -0.4 is 5.32 Å². The molecule has 2 amide bonds. The lowest BCUT2D eigenvalue weighted by Gasteiger charge is -2.28. The van der Waals surface area contributed by atoms with Crippen molar-refractivity contribution in [3.8, 4) is 0 Å². The van der Waals surface area contributed by atoms with Crippen LogP contribution in [0.2, 0.25) is 0 Å². The van der Waals surface area contributed by atoms with Gasteiger partial charge in [0.2, 0.25) is 0 Å². The number of hydrogen-bond donors (Lipinski definition) is 2. The van der Waals surface area contributed by atoms with E-state index in [0.717, 1.165) is 18.4 Å². The number of rotatable bonds is 7. The van der Waals surface area contributed by atoms with Gasteiger partial charge in [-0.3, -0.25) is 0 Å². The van der Waals surface area contributed by atoms with Crippen molar-refractivity contribution in [3.05, 3.63) is 60.1 Å². The molecule has 0 radical (unpaired) electrons. The van der Waals surface area contributed by atoms with Crippen molar-refractivity contribution in [1.29, 1.82) is 0 Å². The van der Waals surface area contributed by atoms with Gasteiger partial charge in [-0.05, 0) is 56.7 Å². The monoisotopic (exact) mass is 400 g/mol. The summed E-state index contributed by atoms with van der Waals surface area (Å²) in [5, 5.41) is 12.3. The Bertz CT molecular complexity index is 804. The summed E-state index contributed by atoms with van der Waals surface area (Å²) in [6.45, 7) is 4.60. The predicted molar refractivity (Wildman–Crippen MR) is 107 cm³/mol. The number of carboxylic acid groups (broad SMARTS) is 1. The number of nitrogens with zero attached hydrogens (tertiary/aromatic N) is 1. The second-order valence-corrected chi connectivity index (χ2v) is 8.13. The summed E-state index contributed by atoms with van der Waals surface area (Å²) >= 11 is 0. The Kier molecular flexibility index (Phi) is 6.46. The molecule has 1 aliphatic heterocycles. The molecule has 7 heteroatoms. The van der Waals surface area contributed by atoms with E-state index < -0.39 is 12.2 Å². The summed E-state index contributed by atoms with van der Waals surface area (Å²) in [7, 11) is 0. The molecule has 7 nitrogen and oxygen atoms in total. The number of alkyl carbamates (subject to hydrolysis) is 1. The number of carbonyl (C=O) groups excluding carboxylic acids is 1. The predicted octanol–water partition coefficient (Wildman–Crippen LogP) is 4.81. The molecule has 0 spiro atoms. The van der Waals surface area contributed by atoms with E-state index in [1.807, 2.05) is 50.2 Å². The van der Waals surface area contributed by atoms with Gasteiger partial charge in [0.1, 0.15) is 12.4 Å². The number of benzene rings is 1. The molecule has 0 saturated carbocycles. The number of carbonyl (C=O) groups is 2. The largest absolute Gasteiger partial charge is 0.467 e. The Morgan fingerprint density at radius 2 is 2.03 bits per heavy atom. The lowest BCUT2D eigenvalue weighted by Crippen LogP contribution is -2.41. The summed E-state index contributed by atoms with van der Waals surface area (Å²) in [6, 6.07) is 12.8. The molecule has 3 rings (SSSR count). The second-order valence-electron chi connectivity index (χ2n) is 8.13. The highest BCUT2D eigenvalue weighted by molar-refractivity contribution is 5.68. The van der Waals surface area contributed by atoms with Crippen molar-refractivity contribution < 1.29 is 23.8 Å². The number of furan rings is 1. The molecule has 2 heterocycles. The van der Waals surface area contributed by atoms with Gasteiger partial charge in [-0.25, -0.2) is 9.59 Å². The van der Waals surface area contributed by atoms with Crippen LogP contribution in [0.3, 0.4) is 0 Å². The standard InChI is InChI=1S/C22H28N2O5/c1-22(2)13-17(14-24(22)21(26)27)10-11-18(19-9-6-12-28-19)23-20(25)29-15-16-7-4-3-5-8-16/h3-9,12,17-18H,10-11,13-15H2,1-2H3,(H,23,25)(H,26,27)/t17-,18?/m0/s1. The van der Waals surface area contributed by atoms with E-state index in [9.17, 15) is 14.7 Å². The van der Waals surface area contributed by atoms with Gasteiger partial charge in [0.05, 0.1) is 12.3 Å². The summed E-state index contributed by atoms with van der Waals surface area (Å²) in [4.78, 5) is 25.3. The number of ether oxygens (including phenoxy) is 1. The van der Waals surface area contributed by atoms with Gasteiger partial charge in [0.25, 0.3) is 0 Å². The topological polar surface area (TPSA) is 92.0 Å². The van der Waals surface area contributed by atoms with E-state index in [1.165, 1.54) is 4.90 Å². The molecule has 1 saturated heterocycles. The highest BCUT2D eigenvalue weighted by Gasteiger charge is 2.41. The molecule has 1 fully saturated rings. The van der Waals surface area contributed by atoms with Gasteiger partial charge in [0, 0.05) is 12.1 Å². The van der Waals surface area contributed by atoms with Crippen LogP contribution in [-0.2, 0) is 11.3 Å². The van der Waals surface area contributed by atoms with E-state index in [2.05, 4.69) is 5.32 Å². The van der Waals surface area contributed by atoms with E-state index in [-0.39, 0.29) is 24.1 Å². The zero-order valence-corrected chi connectivity index (χ0v) is 16.8. The molecule has 156 valence electrons. The lowest BCUT2D eigenvalue weighted by molar-refractivity contribution is 0.117. The Labute approximate surface area is 170 Å². The zero-order chi connectivity index (χ0) is 20.9. The maximum atomic E-state index is 12.3. The summed E-state index contributed by atoms with van der Waals surface area (Å²) < 4.78 is 10.8. The van der Waals surface area contributed by atoms with Crippen molar-refractivity contribution >= 4 is 12.2 Å². The van der Waals surface area contributed by atoms with Crippen molar-refractivity contribution in [1.82, 2.24) is 10.2 Å². The Hall–Kier alpha value is -2.96. The molecule has 1 aromatic carbocycles. The van der Waals surface area contributed by atoms with Gasteiger partial charge in [-0.1, -0.05) is 30.3 Å². The first-order chi connectivity index (χ1) is 13.8. The molecule has 1 aromatic heterocycles. The lowest BCUT2D eigenvalue weighted by atomic mass is 9.91. The fraction of sp³-hybridized carbons (Fsp3) is 0.455. The van der Waals surface area contributed by atoms with E-state index in [4.69, 9.17) is 9.15 Å². The van der Waals surface area contributed by atoms with Gasteiger partial charge < -0.3 is 24.5 Å². The summed E-state index contributed by atoms with van der Waals surface area (Å²) in [5.74, 6) is 0.898. The Balaban J connectivity index is 1.56. The van der Waals surface area contributed by atoms with Crippen LogP contribution in [0.25, 0.3) is 0 Å². The third-order valence-electron chi connectivity index (χ3n) is 5.45. The molecule has 2 atom stereocenters. The highest BCUT2D eigenvalue weighted by Crippen LogP contribution is 2.36. The minimum absolute atomic E-state index is 0.196. The molecular weight excluding hydrogens is 372 g/mol. The quantitative estimate of drug-likeness (QED) is 0.696. The first-order valence-corrected chi connectivity index (χ1v) is 9.86. The zero-order valence-electron chi connectivity index (χ0n) is 16.8. The van der Waals surface area contributed by atoms with E-state index >= 15 is 0 Å². The van der Waals surface area contributed by atoms with Crippen LogP contribution in [0.1, 0.15) is 50.5 Å². The maximum Gasteiger partial charge on any atom is 0.408 e. The maximum absolute atomic E-state index is 12.3. The van der Waals surface area contributed by atoms with Gasteiger partial charge in [-0.15, -0.1) is 0 Å². The number of amides is 2. The molecule has 2 N–H and O–H groups in total. The van der Waals surface area contributed by atoms with Crippen LogP contribution in [0.5, 0.6) is 0 Å². The second kappa shape index (κ2) is 9.03. The Morgan fingerprint density at radius 3 is 2.66 bits per heavy atom. The van der Waals surface area contributed by atoms with Crippen molar-refractivity contribution in [2.24, 2.45) is 5.92 Å². The molecule has 29 heavy (non-hydrogen) atoms. The third-order valence-corrected chi connectivity index (χ3v) is 5.45. The third kappa shape index (κ3) is 5.53. The van der Waals surface area contributed by atoms with Crippen LogP contribution in [0.4, 0.5) is 9.59 Å². The molecule has 0 aliphatic carbocycles. The molecule has 2 aromatic rings. The van der Waals surface area contributed by atoms with E-state index in [0.29, 0.717) is 18.7 Å². The smallest absolute Gasteiger partial charge is 0.408 e. The van der Waals surface area contributed by atoms with Crippen LogP contribution in [0, 0.1) is 5.92 Å². The molecule has 1 unspecified atom stereocenters. The Morgan fingerprint density at radius 1 is 1.28 bits per heavy atom. The molecule has 1 aliphatic rings. The van der Waals surface area contributed by atoms with Crippen molar-refractivity contribution in [2.45, 2.75) is 51.3 Å². The highest BCUT2D eigenvalue weighted by atomic mass is 16.5. The van der Waals surface area contributed by atoms with E-state index in [1.54, 1.807) is 12.3 Å². The average molecular weight is 400 g/mol. The summed E-state index contributed by atoms with van der Waals surface area (Å²) in [5.41, 5.74) is 0.540. The fourth-order valence-electron chi connectivity index (χ4n) is 4.00. The van der Waals surface area contributed by atoms with Gasteiger partial charge in [-0.2, -0.15) is 0 Å². The van der Waals surface area contributed by atoms with Gasteiger partial charge in [0.15, 0.2) is 0 Å². The average Bonchev–Trinajstić information content (AvgIpc) is 3.31. The fourth-order valence-corrected chi connectivity index (χ4v) is 4.00. The minimum Gasteiger partial charge on any atom is -0.467 e. The van der Waals surface area contributed by atoms with Gasteiger partial charge >= 0.3 is 12.2 Å².